The Hall–Kier alpha value is -1.06. The first-order valence-corrected chi connectivity index (χ1v) is 8.27. The van der Waals surface area contributed by atoms with Gasteiger partial charge in [-0.05, 0) is 69.5 Å². The Kier molecular flexibility index (Phi) is 5.65. The van der Waals surface area contributed by atoms with E-state index in [4.69, 9.17) is 5.73 Å². The lowest BCUT2D eigenvalue weighted by molar-refractivity contribution is 0.314. The van der Waals surface area contributed by atoms with Crippen LogP contribution >= 0.6 is 0 Å². The summed E-state index contributed by atoms with van der Waals surface area (Å²) in [5.41, 5.74) is 10.2. The van der Waals surface area contributed by atoms with Crippen LogP contribution in [0.5, 0.6) is 0 Å². The fourth-order valence-electron chi connectivity index (χ4n) is 3.20. The summed E-state index contributed by atoms with van der Waals surface area (Å²) in [6, 6.07) is 7.80. The molecule has 1 aliphatic heterocycles. The van der Waals surface area contributed by atoms with Crippen molar-refractivity contribution >= 4 is 5.69 Å². The van der Waals surface area contributed by atoms with Gasteiger partial charge in [-0.15, -0.1) is 0 Å². The van der Waals surface area contributed by atoms with Crippen LogP contribution in [0.25, 0.3) is 0 Å². The van der Waals surface area contributed by atoms with Gasteiger partial charge in [0.1, 0.15) is 0 Å². The van der Waals surface area contributed by atoms with Gasteiger partial charge < -0.3 is 15.5 Å². The number of likely N-dealkylation sites (N-methyl/N-ethyl adjacent to an activating group) is 2. The highest BCUT2D eigenvalue weighted by Crippen LogP contribution is 2.22. The molecular formula is C18H31N3. The Morgan fingerprint density at radius 1 is 1.43 bits per heavy atom. The first-order valence-electron chi connectivity index (χ1n) is 8.27. The van der Waals surface area contributed by atoms with E-state index in [0.29, 0.717) is 6.04 Å². The molecule has 2 rings (SSSR count). The van der Waals surface area contributed by atoms with Gasteiger partial charge in [-0.25, -0.2) is 0 Å². The van der Waals surface area contributed by atoms with Gasteiger partial charge in [0.15, 0.2) is 0 Å². The molecule has 0 bridgehead atoms. The molecule has 2 atom stereocenters. The Morgan fingerprint density at radius 2 is 2.19 bits per heavy atom. The van der Waals surface area contributed by atoms with Crippen LogP contribution in [0.4, 0.5) is 5.69 Å². The van der Waals surface area contributed by atoms with Gasteiger partial charge in [-0.2, -0.15) is 0 Å². The van der Waals surface area contributed by atoms with E-state index in [-0.39, 0.29) is 6.04 Å². The number of nitrogens with two attached hydrogens (primary N) is 1. The summed E-state index contributed by atoms with van der Waals surface area (Å²) in [6.45, 7) is 6.71. The smallest absolute Gasteiger partial charge is 0.0366 e. The van der Waals surface area contributed by atoms with E-state index >= 15 is 0 Å². The van der Waals surface area contributed by atoms with Crippen molar-refractivity contribution in [2.45, 2.75) is 51.6 Å². The summed E-state index contributed by atoms with van der Waals surface area (Å²) in [6.07, 6.45) is 4.68. The Balaban J connectivity index is 2.01. The van der Waals surface area contributed by atoms with Gasteiger partial charge in [-0.3, -0.25) is 0 Å². The van der Waals surface area contributed by atoms with E-state index in [1.165, 1.54) is 36.2 Å². The first-order chi connectivity index (χ1) is 10.0. The van der Waals surface area contributed by atoms with Crippen molar-refractivity contribution < 1.29 is 0 Å². The van der Waals surface area contributed by atoms with Crippen LogP contribution in [-0.4, -0.2) is 44.2 Å². The minimum absolute atomic E-state index is 0.277. The molecule has 2 unspecified atom stereocenters. The SMILES string of the molecule is CCC(N)Cc1ccc(N(C)CC2CCCN2C)cc1C. The van der Waals surface area contributed by atoms with Gasteiger partial charge in [0, 0.05) is 31.4 Å². The molecule has 0 saturated carbocycles. The van der Waals surface area contributed by atoms with Crippen LogP contribution in [0.15, 0.2) is 18.2 Å². The summed E-state index contributed by atoms with van der Waals surface area (Å²) in [5, 5.41) is 0. The fraction of sp³-hybridized carbons (Fsp3) is 0.667. The van der Waals surface area contributed by atoms with Crippen LogP contribution in [-0.2, 0) is 6.42 Å². The summed E-state index contributed by atoms with van der Waals surface area (Å²) >= 11 is 0. The van der Waals surface area contributed by atoms with Crippen molar-refractivity contribution in [2.24, 2.45) is 5.73 Å². The van der Waals surface area contributed by atoms with Crippen LogP contribution in [0.2, 0.25) is 0 Å². The second kappa shape index (κ2) is 7.28. The average molecular weight is 289 g/mol. The predicted octanol–water partition coefficient (Wildman–Crippen LogP) is 2.81. The van der Waals surface area contributed by atoms with Crippen molar-refractivity contribution in [2.75, 3.05) is 32.1 Å². The minimum Gasteiger partial charge on any atom is -0.373 e. The molecular weight excluding hydrogens is 258 g/mol. The summed E-state index contributed by atoms with van der Waals surface area (Å²) in [5.74, 6) is 0. The zero-order chi connectivity index (χ0) is 15.4. The lowest BCUT2D eigenvalue weighted by Gasteiger charge is -2.28. The molecule has 0 aliphatic carbocycles. The maximum absolute atomic E-state index is 6.08. The van der Waals surface area contributed by atoms with E-state index in [1.807, 2.05) is 0 Å². The summed E-state index contributed by atoms with van der Waals surface area (Å²) < 4.78 is 0. The van der Waals surface area contributed by atoms with Gasteiger partial charge in [0.05, 0.1) is 0 Å². The van der Waals surface area contributed by atoms with Gasteiger partial charge in [0.25, 0.3) is 0 Å². The van der Waals surface area contributed by atoms with E-state index < -0.39 is 0 Å². The number of anilines is 1. The highest BCUT2D eigenvalue weighted by molar-refractivity contribution is 5.50. The Labute approximate surface area is 130 Å². The molecule has 21 heavy (non-hydrogen) atoms. The monoisotopic (exact) mass is 289 g/mol. The summed E-state index contributed by atoms with van der Waals surface area (Å²) in [4.78, 5) is 4.88. The van der Waals surface area contributed by atoms with Crippen LogP contribution in [0, 0.1) is 6.92 Å². The van der Waals surface area contributed by atoms with Crippen molar-refractivity contribution in [3.63, 3.8) is 0 Å². The number of nitrogens with zero attached hydrogens (tertiary/aromatic N) is 2. The maximum atomic E-state index is 6.08. The van der Waals surface area contributed by atoms with E-state index in [0.717, 1.165) is 19.4 Å². The molecule has 0 spiro atoms. The maximum Gasteiger partial charge on any atom is 0.0366 e. The molecule has 1 aromatic rings. The zero-order valence-electron chi connectivity index (χ0n) is 14.1. The van der Waals surface area contributed by atoms with Gasteiger partial charge in [0.2, 0.25) is 0 Å². The number of aryl methyl sites for hydroxylation is 1. The lowest BCUT2D eigenvalue weighted by atomic mass is 9.99. The largest absolute Gasteiger partial charge is 0.373 e. The molecule has 118 valence electrons. The molecule has 1 fully saturated rings. The first kappa shape index (κ1) is 16.3. The molecule has 3 heteroatoms. The Bertz CT molecular complexity index is 458. The lowest BCUT2D eigenvalue weighted by Crippen LogP contribution is -2.36. The number of hydrogen-bond donors (Lipinski definition) is 1. The van der Waals surface area contributed by atoms with Crippen LogP contribution in [0.3, 0.4) is 0 Å². The minimum atomic E-state index is 0.277. The molecule has 1 aliphatic rings. The predicted molar refractivity (Wildman–Crippen MR) is 92.1 cm³/mol. The normalized spacial score (nSPS) is 20.7. The molecule has 0 aromatic heterocycles. The standard InChI is InChI=1S/C18H31N3/c1-5-16(19)12-15-8-9-17(11-14(15)2)21(4)13-18-7-6-10-20(18)3/h8-9,11,16,18H,5-7,10,12-13,19H2,1-4H3. The third kappa shape index (κ3) is 4.21. The number of likely N-dealkylation sites (tertiary alicyclic amines) is 1. The highest BCUT2D eigenvalue weighted by atomic mass is 15.2. The zero-order valence-corrected chi connectivity index (χ0v) is 14.1. The quantitative estimate of drug-likeness (QED) is 0.874. The molecule has 1 saturated heterocycles. The Morgan fingerprint density at radius 3 is 2.76 bits per heavy atom. The van der Waals surface area contributed by atoms with Gasteiger partial charge in [-0.1, -0.05) is 13.0 Å². The third-order valence-electron chi connectivity index (χ3n) is 4.93. The molecule has 2 N–H and O–H groups in total. The van der Waals surface area contributed by atoms with Crippen molar-refractivity contribution in [3.8, 4) is 0 Å². The fourth-order valence-corrected chi connectivity index (χ4v) is 3.20. The second-order valence-electron chi connectivity index (χ2n) is 6.64. The molecule has 1 heterocycles. The average Bonchev–Trinajstić information content (AvgIpc) is 2.86. The third-order valence-corrected chi connectivity index (χ3v) is 4.93. The molecule has 1 aromatic carbocycles. The van der Waals surface area contributed by atoms with Crippen molar-refractivity contribution in [3.05, 3.63) is 29.3 Å². The topological polar surface area (TPSA) is 32.5 Å². The number of rotatable bonds is 6. The van der Waals surface area contributed by atoms with E-state index in [1.54, 1.807) is 0 Å². The van der Waals surface area contributed by atoms with Crippen LogP contribution < -0.4 is 10.6 Å². The highest BCUT2D eigenvalue weighted by Gasteiger charge is 2.22. The van der Waals surface area contributed by atoms with E-state index in [9.17, 15) is 0 Å². The second-order valence-corrected chi connectivity index (χ2v) is 6.64. The van der Waals surface area contributed by atoms with Crippen LogP contribution in [0.1, 0.15) is 37.3 Å². The number of benzene rings is 1. The van der Waals surface area contributed by atoms with Gasteiger partial charge >= 0.3 is 0 Å². The molecule has 0 radical (unpaired) electrons. The van der Waals surface area contributed by atoms with Crippen molar-refractivity contribution in [1.29, 1.82) is 0 Å². The molecule has 0 amide bonds. The number of hydrogen-bond acceptors (Lipinski definition) is 3. The molecule has 3 nitrogen and oxygen atoms in total. The summed E-state index contributed by atoms with van der Waals surface area (Å²) in [7, 11) is 4.45. The van der Waals surface area contributed by atoms with E-state index in [2.05, 4.69) is 55.9 Å². The van der Waals surface area contributed by atoms with Crippen molar-refractivity contribution in [1.82, 2.24) is 4.90 Å².